The zero-order valence-electron chi connectivity index (χ0n) is 16.7. The summed E-state index contributed by atoms with van der Waals surface area (Å²) in [5.74, 6) is -1.38. The molecule has 0 saturated carbocycles. The molecule has 0 aliphatic carbocycles. The number of aromatic amines is 1. The second-order valence-corrected chi connectivity index (χ2v) is 6.77. The summed E-state index contributed by atoms with van der Waals surface area (Å²) in [7, 11) is 0. The van der Waals surface area contributed by atoms with Crippen LogP contribution in [0.4, 0.5) is 0 Å². The maximum Gasteiger partial charge on any atom is 0.309 e. The Bertz CT molecular complexity index is 860. The molecule has 0 aliphatic rings. The zero-order valence-corrected chi connectivity index (χ0v) is 16.7. The molecule has 0 radical (unpaired) electrons. The highest BCUT2D eigenvalue weighted by Gasteiger charge is 2.17. The number of hydrogen-bond acceptors (Lipinski definition) is 5. The highest BCUT2D eigenvalue weighted by atomic mass is 16.2. The largest absolute Gasteiger partial charge is 0.345 e. The summed E-state index contributed by atoms with van der Waals surface area (Å²) < 4.78 is 0. The predicted octanol–water partition coefficient (Wildman–Crippen LogP) is 1.17. The number of hydrogen-bond donors (Lipinski definition) is 3. The van der Waals surface area contributed by atoms with Gasteiger partial charge >= 0.3 is 11.8 Å². The van der Waals surface area contributed by atoms with E-state index in [9.17, 15) is 14.4 Å². The lowest BCUT2D eigenvalue weighted by atomic mass is 10.1. The SMILES string of the molecule is CCN(CC)CCC[C@H](C)NC(=O)C(=O)NCc1n[nH]c(=O)c2ccccc12. The molecule has 1 aromatic carbocycles. The van der Waals surface area contributed by atoms with E-state index in [-0.39, 0.29) is 18.1 Å². The van der Waals surface area contributed by atoms with Gasteiger partial charge in [-0.3, -0.25) is 14.4 Å². The minimum atomic E-state index is -0.715. The van der Waals surface area contributed by atoms with Crippen LogP contribution in [-0.4, -0.2) is 52.6 Å². The smallest absolute Gasteiger partial charge is 0.309 e. The third-order valence-corrected chi connectivity index (χ3v) is 4.78. The maximum absolute atomic E-state index is 12.1. The van der Waals surface area contributed by atoms with Crippen molar-refractivity contribution in [3.63, 3.8) is 0 Å². The Morgan fingerprint density at radius 1 is 1.14 bits per heavy atom. The number of amides is 2. The van der Waals surface area contributed by atoms with E-state index in [2.05, 4.69) is 39.6 Å². The van der Waals surface area contributed by atoms with Crippen LogP contribution in [-0.2, 0) is 16.1 Å². The molecule has 0 bridgehead atoms. The number of carbonyl (C=O) groups is 2. The summed E-state index contributed by atoms with van der Waals surface area (Å²) in [5.41, 5.74) is 0.213. The topological polar surface area (TPSA) is 107 Å². The number of nitrogens with one attached hydrogen (secondary N) is 3. The number of aromatic nitrogens is 2. The number of rotatable bonds is 9. The number of fused-ring (bicyclic) bond motifs is 1. The van der Waals surface area contributed by atoms with Gasteiger partial charge in [0, 0.05) is 11.4 Å². The molecule has 2 aromatic rings. The fraction of sp³-hybridized carbons (Fsp3) is 0.500. The number of H-pyrrole nitrogens is 1. The number of benzene rings is 1. The van der Waals surface area contributed by atoms with Gasteiger partial charge in [-0.15, -0.1) is 0 Å². The van der Waals surface area contributed by atoms with E-state index in [1.165, 1.54) is 0 Å². The molecule has 8 nitrogen and oxygen atoms in total. The quantitative estimate of drug-likeness (QED) is 0.560. The van der Waals surface area contributed by atoms with E-state index in [4.69, 9.17) is 0 Å². The monoisotopic (exact) mass is 387 g/mol. The van der Waals surface area contributed by atoms with Crippen LogP contribution in [0.1, 0.15) is 39.3 Å². The van der Waals surface area contributed by atoms with E-state index in [1.807, 2.05) is 6.92 Å². The van der Waals surface area contributed by atoms with Gasteiger partial charge in [0.05, 0.1) is 17.6 Å². The van der Waals surface area contributed by atoms with Crippen LogP contribution in [0, 0.1) is 0 Å². The molecule has 1 aromatic heterocycles. The van der Waals surface area contributed by atoms with E-state index >= 15 is 0 Å². The van der Waals surface area contributed by atoms with Gasteiger partial charge in [-0.25, -0.2) is 5.10 Å². The minimum absolute atomic E-state index is 0.0554. The van der Waals surface area contributed by atoms with Gasteiger partial charge in [-0.2, -0.15) is 5.10 Å². The molecule has 2 amide bonds. The van der Waals surface area contributed by atoms with E-state index < -0.39 is 11.8 Å². The van der Waals surface area contributed by atoms with Gasteiger partial charge in [0.15, 0.2) is 0 Å². The molecule has 1 heterocycles. The van der Waals surface area contributed by atoms with Crippen LogP contribution >= 0.6 is 0 Å². The van der Waals surface area contributed by atoms with E-state index in [1.54, 1.807) is 24.3 Å². The van der Waals surface area contributed by atoms with Gasteiger partial charge in [0.2, 0.25) is 0 Å². The molecule has 0 unspecified atom stereocenters. The lowest BCUT2D eigenvalue weighted by molar-refractivity contribution is -0.139. The van der Waals surface area contributed by atoms with Gasteiger partial charge in [-0.05, 0) is 45.5 Å². The van der Waals surface area contributed by atoms with Crippen LogP contribution in [0.25, 0.3) is 10.8 Å². The van der Waals surface area contributed by atoms with Crippen LogP contribution in [0.3, 0.4) is 0 Å². The second kappa shape index (κ2) is 10.6. The maximum atomic E-state index is 12.1. The Morgan fingerprint density at radius 3 is 2.50 bits per heavy atom. The molecule has 2 rings (SSSR count). The minimum Gasteiger partial charge on any atom is -0.345 e. The van der Waals surface area contributed by atoms with E-state index in [0.29, 0.717) is 16.5 Å². The first-order valence-corrected chi connectivity index (χ1v) is 9.73. The van der Waals surface area contributed by atoms with Crippen LogP contribution in [0.15, 0.2) is 29.1 Å². The lowest BCUT2D eigenvalue weighted by Gasteiger charge is -2.19. The van der Waals surface area contributed by atoms with E-state index in [0.717, 1.165) is 32.5 Å². The zero-order chi connectivity index (χ0) is 20.5. The number of nitrogens with zero attached hydrogens (tertiary/aromatic N) is 2. The van der Waals surface area contributed by atoms with Crippen LogP contribution in [0.5, 0.6) is 0 Å². The molecule has 28 heavy (non-hydrogen) atoms. The molecule has 0 fully saturated rings. The standard InChI is InChI=1S/C20H29N5O3/c1-4-25(5-2)12-8-9-14(3)22-20(28)19(27)21-13-17-15-10-6-7-11-16(15)18(26)24-23-17/h6-7,10-11,14H,4-5,8-9,12-13H2,1-3H3,(H,21,27)(H,22,28)(H,24,26)/t14-/m0/s1. The van der Waals surface area contributed by atoms with Gasteiger partial charge < -0.3 is 15.5 Å². The van der Waals surface area contributed by atoms with Crippen molar-refractivity contribution in [1.82, 2.24) is 25.7 Å². The molecular weight excluding hydrogens is 358 g/mol. The first kappa shape index (κ1) is 21.6. The van der Waals surface area contributed by atoms with Crippen LogP contribution < -0.4 is 16.2 Å². The normalized spacial score (nSPS) is 12.1. The first-order valence-electron chi connectivity index (χ1n) is 9.73. The summed E-state index contributed by atoms with van der Waals surface area (Å²) in [4.78, 5) is 38.3. The molecule has 152 valence electrons. The first-order chi connectivity index (χ1) is 13.5. The van der Waals surface area contributed by atoms with Gasteiger partial charge in [0.1, 0.15) is 0 Å². The van der Waals surface area contributed by atoms with Crippen molar-refractivity contribution in [3.8, 4) is 0 Å². The summed E-state index contributed by atoms with van der Waals surface area (Å²) in [6, 6.07) is 6.92. The Hall–Kier alpha value is -2.74. The van der Waals surface area contributed by atoms with Crippen molar-refractivity contribution < 1.29 is 9.59 Å². The lowest BCUT2D eigenvalue weighted by Crippen LogP contribution is -2.43. The van der Waals surface area contributed by atoms with Crippen molar-refractivity contribution >= 4 is 22.6 Å². The number of carbonyl (C=O) groups excluding carboxylic acids is 2. The Balaban J connectivity index is 1.84. The summed E-state index contributed by atoms with van der Waals surface area (Å²) >= 11 is 0. The second-order valence-electron chi connectivity index (χ2n) is 6.77. The molecule has 0 spiro atoms. The Kier molecular flexibility index (Phi) is 8.13. The average Bonchev–Trinajstić information content (AvgIpc) is 2.70. The van der Waals surface area contributed by atoms with Gasteiger partial charge in [-0.1, -0.05) is 32.0 Å². The fourth-order valence-corrected chi connectivity index (χ4v) is 3.07. The van der Waals surface area contributed by atoms with Crippen molar-refractivity contribution in [3.05, 3.63) is 40.3 Å². The summed E-state index contributed by atoms with van der Waals surface area (Å²) in [5, 5.41) is 12.8. The van der Waals surface area contributed by atoms with Crippen molar-refractivity contribution in [2.75, 3.05) is 19.6 Å². The molecular formula is C20H29N5O3. The predicted molar refractivity (Wildman–Crippen MR) is 109 cm³/mol. The molecule has 0 aliphatic heterocycles. The van der Waals surface area contributed by atoms with Gasteiger partial charge in [0.25, 0.3) is 5.56 Å². The third kappa shape index (κ3) is 5.88. The molecule has 3 N–H and O–H groups in total. The highest BCUT2D eigenvalue weighted by Crippen LogP contribution is 2.11. The third-order valence-electron chi connectivity index (χ3n) is 4.78. The summed E-state index contributed by atoms with van der Waals surface area (Å²) in [6.45, 7) is 9.19. The van der Waals surface area contributed by atoms with Crippen LogP contribution in [0.2, 0.25) is 0 Å². The fourth-order valence-electron chi connectivity index (χ4n) is 3.07. The average molecular weight is 387 g/mol. The van der Waals surface area contributed by atoms with Crippen molar-refractivity contribution in [2.24, 2.45) is 0 Å². The van der Waals surface area contributed by atoms with Crippen molar-refractivity contribution in [2.45, 2.75) is 46.2 Å². The molecule has 8 heteroatoms. The summed E-state index contributed by atoms with van der Waals surface area (Å²) in [6.07, 6.45) is 1.76. The molecule has 0 saturated heterocycles. The Morgan fingerprint density at radius 2 is 1.82 bits per heavy atom. The van der Waals surface area contributed by atoms with Crippen molar-refractivity contribution in [1.29, 1.82) is 0 Å². The molecule has 1 atom stereocenters. The Labute approximate surface area is 164 Å². The highest BCUT2D eigenvalue weighted by molar-refractivity contribution is 6.35.